The van der Waals surface area contributed by atoms with Gasteiger partial charge in [-0.2, -0.15) is 23.5 Å². The van der Waals surface area contributed by atoms with E-state index in [2.05, 4.69) is 20.9 Å². The molecule has 1 heterocycles. The maximum atomic E-state index is 13.2. The second-order valence-electron chi connectivity index (χ2n) is 8.44. The summed E-state index contributed by atoms with van der Waals surface area (Å²) in [6, 6.07) is 3.09. The number of carboxylic acids is 1. The standard InChI is InChI=1S/C24H35N5O6S2/c1-36-9-7-18(27-21(31)16(25)13-30)22(32)28-19(8-10-37-2)23(33)29-20(24(34)35)11-14-12-26-17-6-4-3-5-15(14)17/h3-6,12,16,18-20,26,30H,7-11,13,25H2,1-2H3,(H,27,31)(H,28,32)(H,29,33)(H,34,35). The molecule has 1 aromatic carbocycles. The van der Waals surface area contributed by atoms with Gasteiger partial charge in [0.2, 0.25) is 17.7 Å². The molecule has 2 aromatic rings. The minimum atomic E-state index is -1.21. The highest BCUT2D eigenvalue weighted by atomic mass is 32.2. The van der Waals surface area contributed by atoms with Gasteiger partial charge in [-0.3, -0.25) is 14.4 Å². The number of aliphatic carboxylic acids is 1. The summed E-state index contributed by atoms with van der Waals surface area (Å²) in [5.74, 6) is -2.00. The maximum Gasteiger partial charge on any atom is 0.326 e. The van der Waals surface area contributed by atoms with E-state index >= 15 is 0 Å². The maximum absolute atomic E-state index is 13.2. The largest absolute Gasteiger partial charge is 0.480 e. The van der Waals surface area contributed by atoms with Crippen LogP contribution < -0.4 is 21.7 Å². The number of carbonyl (C=O) groups is 4. The molecular formula is C24H35N5O6S2. The van der Waals surface area contributed by atoms with Crippen molar-refractivity contribution in [3.8, 4) is 0 Å². The van der Waals surface area contributed by atoms with Gasteiger partial charge in [0, 0.05) is 23.5 Å². The molecule has 204 valence electrons. The topological polar surface area (TPSA) is 187 Å². The quantitative estimate of drug-likeness (QED) is 0.151. The molecule has 13 heteroatoms. The molecule has 0 radical (unpaired) electrons. The second-order valence-corrected chi connectivity index (χ2v) is 10.4. The number of thioether (sulfide) groups is 2. The van der Waals surface area contributed by atoms with Gasteiger partial charge in [0.15, 0.2) is 0 Å². The first-order chi connectivity index (χ1) is 17.7. The Hall–Kier alpha value is -2.74. The number of benzene rings is 1. The van der Waals surface area contributed by atoms with E-state index in [1.54, 1.807) is 6.20 Å². The SMILES string of the molecule is CSCCC(NC(=O)C(N)CO)C(=O)NC(CCSC)C(=O)NC(Cc1c[nH]c2ccccc12)C(=O)O. The average molecular weight is 554 g/mol. The number of carboxylic acid groups (broad SMARTS) is 1. The van der Waals surface area contributed by atoms with Crippen molar-refractivity contribution in [2.24, 2.45) is 5.73 Å². The van der Waals surface area contributed by atoms with Gasteiger partial charge in [0.1, 0.15) is 24.2 Å². The Morgan fingerprint density at radius 3 is 2.00 bits per heavy atom. The van der Waals surface area contributed by atoms with Crippen LogP contribution in [-0.4, -0.2) is 93.7 Å². The smallest absolute Gasteiger partial charge is 0.326 e. The summed E-state index contributed by atoms with van der Waals surface area (Å²) in [7, 11) is 0. The number of nitrogens with two attached hydrogens (primary N) is 1. The molecule has 37 heavy (non-hydrogen) atoms. The van der Waals surface area contributed by atoms with E-state index in [4.69, 9.17) is 10.8 Å². The third kappa shape index (κ3) is 9.26. The van der Waals surface area contributed by atoms with E-state index in [0.29, 0.717) is 11.5 Å². The van der Waals surface area contributed by atoms with E-state index in [1.165, 1.54) is 23.5 Å². The summed E-state index contributed by atoms with van der Waals surface area (Å²) in [6.07, 6.45) is 6.02. The molecule has 4 atom stereocenters. The van der Waals surface area contributed by atoms with Crippen LogP contribution in [0.3, 0.4) is 0 Å². The van der Waals surface area contributed by atoms with Crippen molar-refractivity contribution >= 4 is 58.1 Å². The van der Waals surface area contributed by atoms with Crippen LogP contribution in [0.15, 0.2) is 30.5 Å². The number of rotatable bonds is 16. The van der Waals surface area contributed by atoms with Gasteiger partial charge in [-0.05, 0) is 48.5 Å². The first kappa shape index (κ1) is 30.5. The molecule has 11 nitrogen and oxygen atoms in total. The molecule has 0 spiro atoms. The molecule has 0 saturated heterocycles. The Balaban J connectivity index is 2.15. The second kappa shape index (κ2) is 15.5. The zero-order chi connectivity index (χ0) is 27.4. The summed E-state index contributed by atoms with van der Waals surface area (Å²) in [6.45, 7) is -0.575. The van der Waals surface area contributed by atoms with Crippen LogP contribution in [0, 0.1) is 0 Å². The van der Waals surface area contributed by atoms with E-state index < -0.39 is 54.5 Å². The third-order valence-electron chi connectivity index (χ3n) is 5.73. The van der Waals surface area contributed by atoms with Crippen LogP contribution in [0.25, 0.3) is 10.9 Å². The zero-order valence-electron chi connectivity index (χ0n) is 20.9. The fourth-order valence-electron chi connectivity index (χ4n) is 3.64. The van der Waals surface area contributed by atoms with E-state index in [-0.39, 0.29) is 19.3 Å². The van der Waals surface area contributed by atoms with E-state index in [1.807, 2.05) is 36.8 Å². The Labute approximate surface area is 224 Å². The van der Waals surface area contributed by atoms with Gasteiger partial charge in [0.25, 0.3) is 0 Å². The van der Waals surface area contributed by atoms with Crippen molar-refractivity contribution in [1.82, 2.24) is 20.9 Å². The lowest BCUT2D eigenvalue weighted by Gasteiger charge is -2.25. The van der Waals surface area contributed by atoms with Crippen LogP contribution in [-0.2, 0) is 25.6 Å². The average Bonchev–Trinajstić information content (AvgIpc) is 3.30. The van der Waals surface area contributed by atoms with Crippen LogP contribution >= 0.6 is 23.5 Å². The highest BCUT2D eigenvalue weighted by Gasteiger charge is 2.30. The number of fused-ring (bicyclic) bond motifs is 1. The molecule has 4 unspecified atom stereocenters. The minimum Gasteiger partial charge on any atom is -0.480 e. The Kier molecular flexibility index (Phi) is 12.8. The van der Waals surface area contributed by atoms with Gasteiger partial charge in [0.05, 0.1) is 6.61 Å². The summed E-state index contributed by atoms with van der Waals surface area (Å²) in [5.41, 5.74) is 7.16. The molecule has 1 aromatic heterocycles. The number of aromatic amines is 1. The van der Waals surface area contributed by atoms with Crippen molar-refractivity contribution in [3.05, 3.63) is 36.0 Å². The fraction of sp³-hybridized carbons (Fsp3) is 0.500. The van der Waals surface area contributed by atoms with Crippen molar-refractivity contribution in [2.45, 2.75) is 43.4 Å². The number of nitrogens with one attached hydrogen (secondary N) is 4. The Morgan fingerprint density at radius 2 is 1.46 bits per heavy atom. The molecule has 0 fully saturated rings. The van der Waals surface area contributed by atoms with Gasteiger partial charge >= 0.3 is 5.97 Å². The van der Waals surface area contributed by atoms with Crippen LogP contribution in [0.5, 0.6) is 0 Å². The van der Waals surface area contributed by atoms with Gasteiger partial charge < -0.3 is 36.9 Å². The first-order valence-corrected chi connectivity index (χ1v) is 14.5. The molecule has 3 amide bonds. The number of hydrogen-bond acceptors (Lipinski definition) is 8. The predicted octanol–water partition coefficient (Wildman–Crippen LogP) is 0.0752. The number of aliphatic hydroxyl groups is 1. The van der Waals surface area contributed by atoms with Gasteiger partial charge in [-0.1, -0.05) is 18.2 Å². The van der Waals surface area contributed by atoms with Crippen molar-refractivity contribution in [2.75, 3.05) is 30.6 Å². The molecular weight excluding hydrogens is 518 g/mol. The van der Waals surface area contributed by atoms with Gasteiger partial charge in [-0.15, -0.1) is 0 Å². The number of carbonyl (C=O) groups excluding carboxylic acids is 3. The van der Waals surface area contributed by atoms with Crippen molar-refractivity contribution in [3.63, 3.8) is 0 Å². The lowest BCUT2D eigenvalue weighted by Crippen LogP contribution is -2.57. The minimum absolute atomic E-state index is 0.0553. The third-order valence-corrected chi connectivity index (χ3v) is 7.02. The lowest BCUT2D eigenvalue weighted by molar-refractivity contribution is -0.142. The Morgan fingerprint density at radius 1 is 0.919 bits per heavy atom. The van der Waals surface area contributed by atoms with Crippen LogP contribution in [0.1, 0.15) is 18.4 Å². The summed E-state index contributed by atoms with van der Waals surface area (Å²) >= 11 is 2.95. The van der Waals surface area contributed by atoms with Gasteiger partial charge in [-0.25, -0.2) is 4.79 Å². The molecule has 2 rings (SSSR count). The number of amides is 3. The van der Waals surface area contributed by atoms with Crippen molar-refractivity contribution < 1.29 is 29.4 Å². The molecule has 0 aliphatic rings. The lowest BCUT2D eigenvalue weighted by atomic mass is 10.0. The predicted molar refractivity (Wildman–Crippen MR) is 146 cm³/mol. The monoisotopic (exact) mass is 553 g/mol. The van der Waals surface area contributed by atoms with Crippen LogP contribution in [0.4, 0.5) is 0 Å². The number of aromatic nitrogens is 1. The number of para-hydroxylation sites is 1. The molecule has 0 bridgehead atoms. The van der Waals surface area contributed by atoms with Crippen LogP contribution in [0.2, 0.25) is 0 Å². The molecule has 0 aliphatic heterocycles. The highest BCUT2D eigenvalue weighted by molar-refractivity contribution is 7.98. The normalized spacial score (nSPS) is 14.4. The van der Waals surface area contributed by atoms with E-state index in [9.17, 15) is 24.3 Å². The summed E-state index contributed by atoms with van der Waals surface area (Å²) in [5, 5.41) is 27.5. The number of hydrogen-bond donors (Lipinski definition) is 7. The first-order valence-electron chi connectivity index (χ1n) is 11.7. The summed E-state index contributed by atoms with van der Waals surface area (Å²) in [4.78, 5) is 53.5. The Bertz CT molecular complexity index is 1070. The summed E-state index contributed by atoms with van der Waals surface area (Å²) < 4.78 is 0. The molecule has 0 aliphatic carbocycles. The number of H-pyrrole nitrogens is 1. The van der Waals surface area contributed by atoms with E-state index in [0.717, 1.165) is 16.5 Å². The fourth-order valence-corrected chi connectivity index (χ4v) is 4.58. The highest BCUT2D eigenvalue weighted by Crippen LogP contribution is 2.19. The van der Waals surface area contributed by atoms with Crippen molar-refractivity contribution in [1.29, 1.82) is 0 Å². The molecule has 8 N–H and O–H groups in total. The zero-order valence-corrected chi connectivity index (χ0v) is 22.5. The number of aliphatic hydroxyl groups excluding tert-OH is 1. The molecule has 0 saturated carbocycles.